The van der Waals surface area contributed by atoms with Gasteiger partial charge < -0.3 is 5.32 Å². The molecule has 7 heteroatoms. The van der Waals surface area contributed by atoms with Crippen LogP contribution in [0, 0.1) is 0 Å². The van der Waals surface area contributed by atoms with Crippen molar-refractivity contribution in [3.8, 4) is 0 Å². The van der Waals surface area contributed by atoms with Crippen LogP contribution in [0.25, 0.3) is 0 Å². The monoisotopic (exact) mass is 268 g/mol. The summed E-state index contributed by atoms with van der Waals surface area (Å²) >= 11 is 0. The lowest BCUT2D eigenvalue weighted by Crippen LogP contribution is -2.12. The highest BCUT2D eigenvalue weighted by molar-refractivity contribution is 5.31. The standard InChI is InChI=1S/C12H11F3N4/c1-16-11-18-9(6-8-2-4-17-5-3-8)7-10(19-11)12(13,14)15/h2-5,7H,6H2,1H3,(H,16,18,19). The molecule has 0 aliphatic rings. The van der Waals surface area contributed by atoms with Crippen molar-refractivity contribution < 1.29 is 13.2 Å². The van der Waals surface area contributed by atoms with Gasteiger partial charge in [0.15, 0.2) is 0 Å². The first-order valence-corrected chi connectivity index (χ1v) is 5.51. The van der Waals surface area contributed by atoms with Crippen LogP contribution in [0.4, 0.5) is 19.1 Å². The summed E-state index contributed by atoms with van der Waals surface area (Å²) in [6, 6.07) is 4.42. The van der Waals surface area contributed by atoms with Crippen LogP contribution in [0.2, 0.25) is 0 Å². The molecule has 19 heavy (non-hydrogen) atoms. The predicted octanol–water partition coefficient (Wildman–Crippen LogP) is 2.52. The van der Waals surface area contributed by atoms with Gasteiger partial charge >= 0.3 is 6.18 Å². The molecule has 2 aromatic heterocycles. The first-order valence-electron chi connectivity index (χ1n) is 5.51. The van der Waals surface area contributed by atoms with E-state index in [2.05, 4.69) is 20.3 Å². The number of alkyl halides is 3. The minimum absolute atomic E-state index is 0.0427. The highest BCUT2D eigenvalue weighted by atomic mass is 19.4. The molecule has 2 heterocycles. The number of rotatable bonds is 3. The Hall–Kier alpha value is -2.18. The SMILES string of the molecule is CNc1nc(Cc2ccncc2)cc(C(F)(F)F)n1. The lowest BCUT2D eigenvalue weighted by Gasteiger charge is -2.10. The second-order valence-electron chi connectivity index (χ2n) is 3.85. The van der Waals surface area contributed by atoms with Gasteiger partial charge in [0.1, 0.15) is 5.69 Å². The van der Waals surface area contributed by atoms with Crippen LogP contribution in [-0.2, 0) is 12.6 Å². The lowest BCUT2D eigenvalue weighted by molar-refractivity contribution is -0.141. The third kappa shape index (κ3) is 3.40. The van der Waals surface area contributed by atoms with Gasteiger partial charge in [-0.3, -0.25) is 4.98 Å². The average Bonchev–Trinajstić information content (AvgIpc) is 2.38. The maximum atomic E-state index is 12.7. The molecule has 0 aromatic carbocycles. The molecule has 1 N–H and O–H groups in total. The van der Waals surface area contributed by atoms with E-state index in [9.17, 15) is 13.2 Å². The number of nitrogens with zero attached hydrogens (tertiary/aromatic N) is 3. The average molecular weight is 268 g/mol. The fourth-order valence-corrected chi connectivity index (χ4v) is 1.55. The Bertz CT molecular complexity index is 555. The van der Waals surface area contributed by atoms with E-state index < -0.39 is 11.9 Å². The second kappa shape index (κ2) is 5.21. The fourth-order valence-electron chi connectivity index (χ4n) is 1.55. The smallest absolute Gasteiger partial charge is 0.357 e. The van der Waals surface area contributed by atoms with Gasteiger partial charge in [-0.15, -0.1) is 0 Å². The minimum Gasteiger partial charge on any atom is -0.357 e. The molecule has 0 radical (unpaired) electrons. The van der Waals surface area contributed by atoms with Gasteiger partial charge in [-0.1, -0.05) is 0 Å². The number of anilines is 1. The Morgan fingerprint density at radius 3 is 2.42 bits per heavy atom. The Kier molecular flexibility index (Phi) is 3.64. The van der Waals surface area contributed by atoms with Crippen LogP contribution in [0.3, 0.4) is 0 Å². The molecule has 0 saturated carbocycles. The first-order chi connectivity index (χ1) is 8.99. The summed E-state index contributed by atoms with van der Waals surface area (Å²) in [6.07, 6.45) is -1.02. The molecule has 0 atom stereocenters. The highest BCUT2D eigenvalue weighted by Crippen LogP contribution is 2.28. The zero-order chi connectivity index (χ0) is 13.9. The predicted molar refractivity (Wildman–Crippen MR) is 63.6 cm³/mol. The van der Waals surface area contributed by atoms with Gasteiger partial charge in [0, 0.05) is 25.9 Å². The number of pyridine rings is 1. The van der Waals surface area contributed by atoms with E-state index in [0.29, 0.717) is 12.1 Å². The molecule has 4 nitrogen and oxygen atoms in total. The molecule has 0 fully saturated rings. The highest BCUT2D eigenvalue weighted by Gasteiger charge is 2.33. The van der Waals surface area contributed by atoms with Crippen molar-refractivity contribution in [1.82, 2.24) is 15.0 Å². The normalized spacial score (nSPS) is 11.4. The largest absolute Gasteiger partial charge is 0.433 e. The van der Waals surface area contributed by atoms with E-state index >= 15 is 0 Å². The van der Waals surface area contributed by atoms with Crippen LogP contribution in [0.1, 0.15) is 17.0 Å². The Balaban J connectivity index is 2.35. The molecule has 0 aliphatic heterocycles. The number of halogens is 3. The van der Waals surface area contributed by atoms with Gasteiger partial charge in [0.2, 0.25) is 5.95 Å². The summed E-state index contributed by atoms with van der Waals surface area (Å²) in [5.74, 6) is -0.0427. The topological polar surface area (TPSA) is 50.7 Å². The molecule has 2 rings (SSSR count). The van der Waals surface area contributed by atoms with E-state index in [-0.39, 0.29) is 5.95 Å². The van der Waals surface area contributed by atoms with E-state index in [1.54, 1.807) is 24.5 Å². The van der Waals surface area contributed by atoms with Crippen LogP contribution >= 0.6 is 0 Å². The summed E-state index contributed by atoms with van der Waals surface area (Å²) in [4.78, 5) is 11.3. The van der Waals surface area contributed by atoms with Crippen LogP contribution in [0.15, 0.2) is 30.6 Å². The molecule has 0 spiro atoms. The third-order valence-electron chi connectivity index (χ3n) is 2.43. The zero-order valence-electron chi connectivity index (χ0n) is 10.1. The molecule has 0 unspecified atom stereocenters. The van der Waals surface area contributed by atoms with Crippen molar-refractivity contribution >= 4 is 5.95 Å². The molecule has 2 aromatic rings. The van der Waals surface area contributed by atoms with Gasteiger partial charge in [0.25, 0.3) is 0 Å². The molecule has 0 bridgehead atoms. The van der Waals surface area contributed by atoms with Gasteiger partial charge in [-0.2, -0.15) is 13.2 Å². The molecule has 0 amide bonds. The Morgan fingerprint density at radius 2 is 1.84 bits per heavy atom. The van der Waals surface area contributed by atoms with Crippen molar-refractivity contribution in [2.45, 2.75) is 12.6 Å². The minimum atomic E-state index is -4.48. The maximum absolute atomic E-state index is 12.7. The van der Waals surface area contributed by atoms with E-state index in [4.69, 9.17) is 0 Å². The van der Waals surface area contributed by atoms with E-state index in [0.717, 1.165) is 11.6 Å². The van der Waals surface area contributed by atoms with Crippen molar-refractivity contribution in [3.05, 3.63) is 47.5 Å². The van der Waals surface area contributed by atoms with Crippen LogP contribution in [0.5, 0.6) is 0 Å². The second-order valence-corrected chi connectivity index (χ2v) is 3.85. The van der Waals surface area contributed by atoms with Crippen molar-refractivity contribution in [2.24, 2.45) is 0 Å². The number of aromatic nitrogens is 3. The van der Waals surface area contributed by atoms with Crippen LogP contribution in [-0.4, -0.2) is 22.0 Å². The Morgan fingerprint density at radius 1 is 1.16 bits per heavy atom. The molecular formula is C12H11F3N4. The molecule has 0 saturated heterocycles. The molecular weight excluding hydrogens is 257 g/mol. The van der Waals surface area contributed by atoms with Gasteiger partial charge in [-0.05, 0) is 23.8 Å². The zero-order valence-corrected chi connectivity index (χ0v) is 10.1. The first kappa shape index (κ1) is 13.3. The Labute approximate surface area is 107 Å². The summed E-state index contributed by atoms with van der Waals surface area (Å²) in [7, 11) is 1.48. The summed E-state index contributed by atoms with van der Waals surface area (Å²) < 4.78 is 38.1. The lowest BCUT2D eigenvalue weighted by atomic mass is 10.1. The van der Waals surface area contributed by atoms with Crippen molar-refractivity contribution in [2.75, 3.05) is 12.4 Å². The van der Waals surface area contributed by atoms with E-state index in [1.807, 2.05) is 0 Å². The number of hydrogen-bond acceptors (Lipinski definition) is 4. The third-order valence-corrected chi connectivity index (χ3v) is 2.43. The quantitative estimate of drug-likeness (QED) is 0.929. The van der Waals surface area contributed by atoms with Crippen molar-refractivity contribution in [3.63, 3.8) is 0 Å². The fraction of sp³-hybridized carbons (Fsp3) is 0.250. The summed E-state index contributed by atoms with van der Waals surface area (Å²) in [5.41, 5.74) is 0.192. The summed E-state index contributed by atoms with van der Waals surface area (Å²) in [6.45, 7) is 0. The molecule has 0 aliphatic carbocycles. The van der Waals surface area contributed by atoms with Crippen LogP contribution < -0.4 is 5.32 Å². The maximum Gasteiger partial charge on any atom is 0.433 e. The summed E-state index contributed by atoms with van der Waals surface area (Å²) in [5, 5.41) is 2.53. The molecule has 100 valence electrons. The van der Waals surface area contributed by atoms with Gasteiger partial charge in [0.05, 0.1) is 5.69 Å². The number of nitrogens with one attached hydrogen (secondary N) is 1. The van der Waals surface area contributed by atoms with Crippen molar-refractivity contribution in [1.29, 1.82) is 0 Å². The van der Waals surface area contributed by atoms with Gasteiger partial charge in [-0.25, -0.2) is 9.97 Å². The number of hydrogen-bond donors (Lipinski definition) is 1. The van der Waals surface area contributed by atoms with E-state index in [1.165, 1.54) is 7.05 Å².